The average molecular weight is 384 g/mol. The fourth-order valence-corrected chi connectivity index (χ4v) is 2.89. The van der Waals surface area contributed by atoms with Gasteiger partial charge in [-0.05, 0) is 56.5 Å². The lowest BCUT2D eigenvalue weighted by atomic mass is 10.0. The van der Waals surface area contributed by atoms with Crippen LogP contribution in [0.1, 0.15) is 44.0 Å². The van der Waals surface area contributed by atoms with Gasteiger partial charge in [0.25, 0.3) is 5.91 Å². The molecule has 1 fully saturated rings. The van der Waals surface area contributed by atoms with Crippen LogP contribution in [0.5, 0.6) is 5.75 Å². The van der Waals surface area contributed by atoms with E-state index in [9.17, 15) is 9.59 Å². The van der Waals surface area contributed by atoms with E-state index in [1.807, 2.05) is 20.8 Å². The maximum Gasteiger partial charge on any atom is 0.251 e. The van der Waals surface area contributed by atoms with E-state index in [1.165, 1.54) is 0 Å². The molecular formula is C19H30ClN3O3. The van der Waals surface area contributed by atoms with Crippen molar-refractivity contribution in [2.75, 3.05) is 19.7 Å². The summed E-state index contributed by atoms with van der Waals surface area (Å²) in [6.45, 7) is 7.95. The molecule has 1 aliphatic heterocycles. The number of amides is 2. The zero-order valence-electron chi connectivity index (χ0n) is 15.7. The SMILES string of the molecule is CCOc1ccc(C(=O)NC(C(=O)NCC2CCCN2)C(C)C)cc1.Cl. The van der Waals surface area contributed by atoms with E-state index in [0.29, 0.717) is 24.8 Å². The molecule has 3 N–H and O–H groups in total. The van der Waals surface area contributed by atoms with Crippen LogP contribution in [0.25, 0.3) is 0 Å². The van der Waals surface area contributed by atoms with Crippen LogP contribution in [0.3, 0.4) is 0 Å². The minimum atomic E-state index is -0.555. The Balaban J connectivity index is 0.00000338. The van der Waals surface area contributed by atoms with Gasteiger partial charge < -0.3 is 20.7 Å². The standard InChI is InChI=1S/C19H29N3O3.ClH/c1-4-25-16-9-7-14(8-10-16)18(23)22-17(13(2)3)19(24)21-12-15-6-5-11-20-15;/h7-10,13,15,17,20H,4-6,11-12H2,1-3H3,(H,21,24)(H,22,23);1H. The average Bonchev–Trinajstić information content (AvgIpc) is 3.11. The maximum atomic E-state index is 12.5. The number of ether oxygens (including phenoxy) is 1. The van der Waals surface area contributed by atoms with E-state index < -0.39 is 6.04 Å². The van der Waals surface area contributed by atoms with Gasteiger partial charge in [0, 0.05) is 18.2 Å². The van der Waals surface area contributed by atoms with E-state index in [2.05, 4.69) is 16.0 Å². The monoisotopic (exact) mass is 383 g/mol. The molecule has 2 atom stereocenters. The molecule has 1 saturated heterocycles. The Morgan fingerprint density at radius 3 is 2.50 bits per heavy atom. The molecule has 0 aromatic heterocycles. The van der Waals surface area contributed by atoms with Crippen LogP contribution in [0.2, 0.25) is 0 Å². The first-order valence-corrected chi connectivity index (χ1v) is 9.06. The van der Waals surface area contributed by atoms with Crippen LogP contribution >= 0.6 is 12.4 Å². The molecular weight excluding hydrogens is 354 g/mol. The summed E-state index contributed by atoms with van der Waals surface area (Å²) < 4.78 is 5.38. The summed E-state index contributed by atoms with van der Waals surface area (Å²) in [5.41, 5.74) is 0.513. The van der Waals surface area contributed by atoms with Gasteiger partial charge in [0.1, 0.15) is 11.8 Å². The van der Waals surface area contributed by atoms with Crippen molar-refractivity contribution in [1.29, 1.82) is 0 Å². The smallest absolute Gasteiger partial charge is 0.251 e. The third kappa shape index (κ3) is 6.50. The van der Waals surface area contributed by atoms with Gasteiger partial charge in [0.05, 0.1) is 6.61 Å². The summed E-state index contributed by atoms with van der Waals surface area (Å²) in [7, 11) is 0. The molecule has 2 rings (SSSR count). The van der Waals surface area contributed by atoms with Crippen LogP contribution < -0.4 is 20.7 Å². The molecule has 146 valence electrons. The fraction of sp³-hybridized carbons (Fsp3) is 0.579. The predicted octanol–water partition coefficient (Wildman–Crippen LogP) is 2.13. The van der Waals surface area contributed by atoms with E-state index >= 15 is 0 Å². The Morgan fingerprint density at radius 1 is 1.27 bits per heavy atom. The van der Waals surface area contributed by atoms with Crippen molar-refractivity contribution in [1.82, 2.24) is 16.0 Å². The van der Waals surface area contributed by atoms with Crippen molar-refractivity contribution >= 4 is 24.2 Å². The van der Waals surface area contributed by atoms with Gasteiger partial charge in [-0.25, -0.2) is 0 Å². The van der Waals surface area contributed by atoms with Crippen molar-refractivity contribution in [2.45, 2.75) is 45.7 Å². The number of hydrogen-bond donors (Lipinski definition) is 3. The quantitative estimate of drug-likeness (QED) is 0.642. The highest BCUT2D eigenvalue weighted by Gasteiger charge is 2.25. The minimum Gasteiger partial charge on any atom is -0.494 e. The van der Waals surface area contributed by atoms with Crippen LogP contribution in [0, 0.1) is 5.92 Å². The second-order valence-corrected chi connectivity index (χ2v) is 6.69. The van der Waals surface area contributed by atoms with E-state index in [1.54, 1.807) is 24.3 Å². The van der Waals surface area contributed by atoms with Crippen molar-refractivity contribution in [3.63, 3.8) is 0 Å². The number of carbonyl (C=O) groups excluding carboxylic acids is 2. The molecule has 2 unspecified atom stereocenters. The van der Waals surface area contributed by atoms with Crippen molar-refractivity contribution in [3.05, 3.63) is 29.8 Å². The van der Waals surface area contributed by atoms with Crippen molar-refractivity contribution in [2.24, 2.45) is 5.92 Å². The molecule has 1 aromatic carbocycles. The second kappa shape index (κ2) is 11.0. The molecule has 0 aliphatic carbocycles. The Labute approximate surface area is 161 Å². The van der Waals surface area contributed by atoms with Gasteiger partial charge in [-0.1, -0.05) is 13.8 Å². The first-order chi connectivity index (χ1) is 12.0. The molecule has 1 heterocycles. The zero-order valence-corrected chi connectivity index (χ0v) is 16.5. The van der Waals surface area contributed by atoms with Gasteiger partial charge in [0.2, 0.25) is 5.91 Å². The third-order valence-corrected chi connectivity index (χ3v) is 4.35. The molecule has 6 nitrogen and oxygen atoms in total. The van der Waals surface area contributed by atoms with Gasteiger partial charge >= 0.3 is 0 Å². The highest BCUT2D eigenvalue weighted by molar-refractivity contribution is 5.97. The first kappa shape index (κ1) is 22.3. The second-order valence-electron chi connectivity index (χ2n) is 6.69. The van der Waals surface area contributed by atoms with E-state index in [-0.39, 0.29) is 30.1 Å². The summed E-state index contributed by atoms with van der Waals surface area (Å²) in [5.74, 6) is 0.336. The molecule has 1 aliphatic rings. The van der Waals surface area contributed by atoms with Crippen LogP contribution in [0.15, 0.2) is 24.3 Å². The van der Waals surface area contributed by atoms with Gasteiger partial charge in [-0.3, -0.25) is 9.59 Å². The summed E-state index contributed by atoms with van der Waals surface area (Å²) in [5, 5.41) is 9.15. The number of rotatable bonds is 8. The summed E-state index contributed by atoms with van der Waals surface area (Å²) in [6, 6.07) is 6.71. The van der Waals surface area contributed by atoms with E-state index in [0.717, 1.165) is 25.1 Å². The maximum absolute atomic E-state index is 12.5. The largest absolute Gasteiger partial charge is 0.494 e. The summed E-state index contributed by atoms with van der Waals surface area (Å²) >= 11 is 0. The van der Waals surface area contributed by atoms with E-state index in [4.69, 9.17) is 4.74 Å². The highest BCUT2D eigenvalue weighted by Crippen LogP contribution is 2.13. The van der Waals surface area contributed by atoms with Crippen LogP contribution in [-0.4, -0.2) is 43.6 Å². The summed E-state index contributed by atoms with van der Waals surface area (Å²) in [6.07, 6.45) is 2.22. The van der Waals surface area contributed by atoms with Crippen molar-refractivity contribution < 1.29 is 14.3 Å². The molecule has 2 amide bonds. The molecule has 1 aromatic rings. The molecule has 0 bridgehead atoms. The lowest BCUT2D eigenvalue weighted by molar-refractivity contribution is -0.124. The first-order valence-electron chi connectivity index (χ1n) is 9.06. The lowest BCUT2D eigenvalue weighted by Gasteiger charge is -2.23. The third-order valence-electron chi connectivity index (χ3n) is 4.35. The van der Waals surface area contributed by atoms with Crippen molar-refractivity contribution in [3.8, 4) is 5.75 Å². The minimum absolute atomic E-state index is 0. The van der Waals surface area contributed by atoms with Crippen LogP contribution in [-0.2, 0) is 4.79 Å². The number of nitrogens with one attached hydrogen (secondary N) is 3. The van der Waals surface area contributed by atoms with Gasteiger partial charge in [-0.2, -0.15) is 0 Å². The van der Waals surface area contributed by atoms with Gasteiger partial charge in [-0.15, -0.1) is 12.4 Å². The molecule has 7 heteroatoms. The molecule has 0 spiro atoms. The predicted molar refractivity (Wildman–Crippen MR) is 105 cm³/mol. The lowest BCUT2D eigenvalue weighted by Crippen LogP contribution is -2.51. The number of halogens is 1. The topological polar surface area (TPSA) is 79.5 Å². The number of benzene rings is 1. The van der Waals surface area contributed by atoms with Crippen LogP contribution in [0.4, 0.5) is 0 Å². The Morgan fingerprint density at radius 2 is 1.96 bits per heavy atom. The molecule has 0 radical (unpaired) electrons. The Hall–Kier alpha value is -1.79. The summed E-state index contributed by atoms with van der Waals surface area (Å²) in [4.78, 5) is 24.9. The highest BCUT2D eigenvalue weighted by atomic mass is 35.5. The fourth-order valence-electron chi connectivity index (χ4n) is 2.89. The van der Waals surface area contributed by atoms with Gasteiger partial charge in [0.15, 0.2) is 0 Å². The normalized spacial score (nSPS) is 17.3. The molecule has 26 heavy (non-hydrogen) atoms. The Bertz CT molecular complexity index is 572. The Kier molecular flexibility index (Phi) is 9.44. The zero-order chi connectivity index (χ0) is 18.2. The number of hydrogen-bond acceptors (Lipinski definition) is 4. The number of carbonyl (C=O) groups is 2. The molecule has 0 saturated carbocycles.